The van der Waals surface area contributed by atoms with Gasteiger partial charge in [-0.05, 0) is 50.5 Å². The first-order valence-corrected chi connectivity index (χ1v) is 12.6. The monoisotopic (exact) mass is 484 g/mol. The van der Waals surface area contributed by atoms with Crippen LogP contribution in [0.25, 0.3) is 76.8 Å². The van der Waals surface area contributed by atoms with E-state index >= 15 is 0 Å². The lowest BCUT2D eigenvalue weighted by molar-refractivity contribution is 1.19. The number of benzene rings is 5. The van der Waals surface area contributed by atoms with Crippen LogP contribution in [-0.4, -0.2) is 19.9 Å². The van der Waals surface area contributed by atoms with Gasteiger partial charge in [0, 0.05) is 22.5 Å². The standard InChI is InChI=1S/C34H20N4/c1-2-9-26-24(7-1)25-8-3-4-10-27(25)29-18-23(13-15-28(26)29)31-19-37-32(20-36-31)30-16-14-22-12-11-21-6-5-17-35-33(21)34(22)38-30/h1-20H. The van der Waals surface area contributed by atoms with Crippen molar-refractivity contribution in [1.29, 1.82) is 0 Å². The van der Waals surface area contributed by atoms with E-state index < -0.39 is 0 Å². The highest BCUT2D eigenvalue weighted by molar-refractivity contribution is 6.25. The van der Waals surface area contributed by atoms with Crippen LogP contribution in [0.4, 0.5) is 0 Å². The first kappa shape index (κ1) is 20.9. The van der Waals surface area contributed by atoms with E-state index in [4.69, 9.17) is 15.0 Å². The molecule has 5 aromatic carbocycles. The molecular formula is C34H20N4. The molecule has 4 heteroatoms. The molecule has 0 saturated heterocycles. The Morgan fingerprint density at radius 3 is 1.71 bits per heavy atom. The number of aromatic nitrogens is 4. The number of hydrogen-bond donors (Lipinski definition) is 0. The van der Waals surface area contributed by atoms with Crippen LogP contribution in [0.1, 0.15) is 0 Å². The summed E-state index contributed by atoms with van der Waals surface area (Å²) >= 11 is 0. The van der Waals surface area contributed by atoms with Gasteiger partial charge in [0.05, 0.1) is 34.8 Å². The molecule has 0 atom stereocenters. The van der Waals surface area contributed by atoms with E-state index in [-0.39, 0.29) is 0 Å². The SMILES string of the molecule is c1cnc2c(c1)ccc1ccc(-c3cnc(-c4ccc5c6ccccc6c6ccccc6c5c4)cn3)nc12. The molecule has 0 N–H and O–H groups in total. The second kappa shape index (κ2) is 8.15. The van der Waals surface area contributed by atoms with E-state index in [1.807, 2.05) is 24.5 Å². The van der Waals surface area contributed by atoms with Crippen molar-refractivity contribution in [1.82, 2.24) is 19.9 Å². The van der Waals surface area contributed by atoms with Crippen LogP contribution in [0, 0.1) is 0 Å². The fourth-order valence-corrected chi connectivity index (χ4v) is 5.54. The van der Waals surface area contributed by atoms with Crippen molar-refractivity contribution in [3.05, 3.63) is 122 Å². The summed E-state index contributed by atoms with van der Waals surface area (Å²) in [5, 5.41) is 9.64. The van der Waals surface area contributed by atoms with Crippen LogP contribution in [0.2, 0.25) is 0 Å². The predicted octanol–water partition coefficient (Wildman–Crippen LogP) is 8.37. The Morgan fingerprint density at radius 2 is 1.00 bits per heavy atom. The van der Waals surface area contributed by atoms with Gasteiger partial charge in [-0.3, -0.25) is 15.0 Å². The highest BCUT2D eigenvalue weighted by Crippen LogP contribution is 2.36. The molecule has 0 unspecified atom stereocenters. The summed E-state index contributed by atoms with van der Waals surface area (Å²) in [6.07, 6.45) is 5.46. The van der Waals surface area contributed by atoms with Crippen molar-refractivity contribution in [3.8, 4) is 22.6 Å². The number of fused-ring (bicyclic) bond motifs is 9. The van der Waals surface area contributed by atoms with Crippen LogP contribution in [0.5, 0.6) is 0 Å². The fraction of sp³-hybridized carbons (Fsp3) is 0. The molecule has 0 bridgehead atoms. The van der Waals surface area contributed by atoms with E-state index in [1.165, 1.54) is 32.3 Å². The maximum absolute atomic E-state index is 4.92. The normalized spacial score (nSPS) is 11.7. The van der Waals surface area contributed by atoms with Gasteiger partial charge in [-0.25, -0.2) is 4.98 Å². The van der Waals surface area contributed by atoms with E-state index in [0.717, 1.165) is 44.5 Å². The largest absolute Gasteiger partial charge is 0.254 e. The molecule has 8 rings (SSSR count). The van der Waals surface area contributed by atoms with Crippen LogP contribution < -0.4 is 0 Å². The molecule has 3 heterocycles. The molecule has 0 spiro atoms. The zero-order valence-electron chi connectivity index (χ0n) is 20.3. The van der Waals surface area contributed by atoms with E-state index in [2.05, 4.69) is 96.0 Å². The summed E-state index contributed by atoms with van der Waals surface area (Å²) in [6.45, 7) is 0. The number of rotatable bonds is 2. The smallest absolute Gasteiger partial charge is 0.107 e. The lowest BCUT2D eigenvalue weighted by Crippen LogP contribution is -1.93. The lowest BCUT2D eigenvalue weighted by Gasteiger charge is -2.11. The molecule has 8 aromatic rings. The van der Waals surface area contributed by atoms with Gasteiger partial charge in [-0.2, -0.15) is 0 Å². The van der Waals surface area contributed by atoms with Crippen molar-refractivity contribution in [2.24, 2.45) is 0 Å². The van der Waals surface area contributed by atoms with Crippen LogP contribution in [-0.2, 0) is 0 Å². The first-order valence-electron chi connectivity index (χ1n) is 12.6. The Hall–Kier alpha value is -5.22. The Bertz CT molecular complexity index is 2150. The molecule has 0 amide bonds. The lowest BCUT2D eigenvalue weighted by atomic mass is 9.93. The van der Waals surface area contributed by atoms with Crippen molar-refractivity contribution in [3.63, 3.8) is 0 Å². The predicted molar refractivity (Wildman–Crippen MR) is 156 cm³/mol. The minimum Gasteiger partial charge on any atom is -0.254 e. The van der Waals surface area contributed by atoms with E-state index in [0.29, 0.717) is 0 Å². The minimum absolute atomic E-state index is 0.737. The molecular weight excluding hydrogens is 464 g/mol. The van der Waals surface area contributed by atoms with Gasteiger partial charge in [-0.1, -0.05) is 84.9 Å². The van der Waals surface area contributed by atoms with Crippen LogP contribution >= 0.6 is 0 Å². The second-order valence-electron chi connectivity index (χ2n) is 9.55. The number of nitrogens with zero attached hydrogens (tertiary/aromatic N) is 4. The van der Waals surface area contributed by atoms with Gasteiger partial charge in [0.15, 0.2) is 0 Å². The van der Waals surface area contributed by atoms with Crippen molar-refractivity contribution in [2.75, 3.05) is 0 Å². The van der Waals surface area contributed by atoms with Crippen molar-refractivity contribution < 1.29 is 0 Å². The molecule has 0 fully saturated rings. The topological polar surface area (TPSA) is 51.6 Å². The summed E-state index contributed by atoms with van der Waals surface area (Å²) in [6, 6.07) is 36.0. The molecule has 0 radical (unpaired) electrons. The molecule has 176 valence electrons. The minimum atomic E-state index is 0.737. The summed E-state index contributed by atoms with van der Waals surface area (Å²) in [4.78, 5) is 19.0. The number of pyridine rings is 2. The molecule has 38 heavy (non-hydrogen) atoms. The third kappa shape index (κ3) is 3.17. The average Bonchev–Trinajstić information content (AvgIpc) is 3.01. The van der Waals surface area contributed by atoms with Crippen LogP contribution in [0.15, 0.2) is 122 Å². The average molecular weight is 485 g/mol. The van der Waals surface area contributed by atoms with Crippen molar-refractivity contribution in [2.45, 2.75) is 0 Å². The third-order valence-electron chi connectivity index (χ3n) is 7.39. The molecule has 0 saturated carbocycles. The summed E-state index contributed by atoms with van der Waals surface area (Å²) in [7, 11) is 0. The highest BCUT2D eigenvalue weighted by atomic mass is 14.8. The quantitative estimate of drug-likeness (QED) is 0.231. The molecule has 0 aliphatic carbocycles. The Morgan fingerprint density at radius 1 is 0.395 bits per heavy atom. The third-order valence-corrected chi connectivity index (χ3v) is 7.39. The summed E-state index contributed by atoms with van der Waals surface area (Å²) in [5.41, 5.74) is 5.17. The summed E-state index contributed by atoms with van der Waals surface area (Å²) < 4.78 is 0. The van der Waals surface area contributed by atoms with Crippen LogP contribution in [0.3, 0.4) is 0 Å². The maximum Gasteiger partial charge on any atom is 0.107 e. The second-order valence-corrected chi connectivity index (χ2v) is 9.55. The van der Waals surface area contributed by atoms with Gasteiger partial charge in [0.2, 0.25) is 0 Å². The number of hydrogen-bond acceptors (Lipinski definition) is 4. The summed E-state index contributed by atoms with van der Waals surface area (Å²) in [5.74, 6) is 0. The molecule has 4 nitrogen and oxygen atoms in total. The van der Waals surface area contributed by atoms with Gasteiger partial charge >= 0.3 is 0 Å². The molecule has 0 aliphatic heterocycles. The Balaban J connectivity index is 1.24. The van der Waals surface area contributed by atoms with Gasteiger partial charge in [0.1, 0.15) is 5.69 Å². The Kier molecular flexibility index (Phi) is 4.49. The first-order chi connectivity index (χ1) is 18.8. The molecule has 0 aliphatic rings. The maximum atomic E-state index is 4.92. The zero-order valence-corrected chi connectivity index (χ0v) is 20.3. The van der Waals surface area contributed by atoms with Gasteiger partial charge in [0.25, 0.3) is 0 Å². The van der Waals surface area contributed by atoms with E-state index in [1.54, 1.807) is 6.20 Å². The van der Waals surface area contributed by atoms with Gasteiger partial charge in [-0.15, -0.1) is 0 Å². The van der Waals surface area contributed by atoms with Crippen molar-refractivity contribution >= 4 is 54.1 Å². The van der Waals surface area contributed by atoms with Gasteiger partial charge < -0.3 is 0 Å². The fourth-order valence-electron chi connectivity index (χ4n) is 5.54. The highest BCUT2D eigenvalue weighted by Gasteiger charge is 2.11. The zero-order chi connectivity index (χ0) is 25.1. The molecule has 3 aromatic heterocycles. The van der Waals surface area contributed by atoms with E-state index in [9.17, 15) is 0 Å². The Labute approximate surface area is 218 Å².